The van der Waals surface area contributed by atoms with Gasteiger partial charge >= 0.3 is 6.18 Å². The molecule has 0 bridgehead atoms. The first-order valence-corrected chi connectivity index (χ1v) is 7.24. The smallest absolute Gasteiger partial charge is 0.392 e. The van der Waals surface area contributed by atoms with Gasteiger partial charge in [-0.05, 0) is 31.9 Å². The molecule has 0 aromatic heterocycles. The molecule has 1 aliphatic rings. The monoisotopic (exact) mass is 302 g/mol. The Morgan fingerprint density at radius 3 is 2.52 bits per heavy atom. The van der Waals surface area contributed by atoms with E-state index in [0.717, 1.165) is 12.0 Å². The number of methoxy groups -OCH3 is 1. The van der Waals surface area contributed by atoms with Crippen LogP contribution >= 0.6 is 0 Å². The molecule has 1 aromatic carbocycles. The van der Waals surface area contributed by atoms with E-state index in [9.17, 15) is 18.3 Å². The molecule has 1 aromatic rings. The van der Waals surface area contributed by atoms with Gasteiger partial charge in [-0.1, -0.05) is 24.5 Å². The predicted molar refractivity (Wildman–Crippen MR) is 74.2 cm³/mol. The lowest BCUT2D eigenvalue weighted by Crippen LogP contribution is -2.36. The third-order valence-corrected chi connectivity index (χ3v) is 4.35. The van der Waals surface area contributed by atoms with Crippen LogP contribution in [0.4, 0.5) is 13.2 Å². The maximum Gasteiger partial charge on any atom is 0.392 e. The highest BCUT2D eigenvalue weighted by Gasteiger charge is 2.48. The van der Waals surface area contributed by atoms with Crippen molar-refractivity contribution >= 4 is 0 Å². The first kappa shape index (κ1) is 16.1. The summed E-state index contributed by atoms with van der Waals surface area (Å²) in [5.41, 5.74) is 1.35. The fraction of sp³-hybridized carbons (Fsp3) is 0.625. The van der Waals surface area contributed by atoms with Crippen molar-refractivity contribution in [2.45, 2.75) is 44.9 Å². The molecule has 5 heteroatoms. The van der Waals surface area contributed by atoms with E-state index in [1.165, 1.54) is 7.11 Å². The fourth-order valence-electron chi connectivity index (χ4n) is 3.26. The van der Waals surface area contributed by atoms with Gasteiger partial charge in [-0.25, -0.2) is 0 Å². The summed E-state index contributed by atoms with van der Waals surface area (Å²) in [6.45, 7) is 1.85. The van der Waals surface area contributed by atoms with Gasteiger partial charge in [0, 0.05) is 11.5 Å². The lowest BCUT2D eigenvalue weighted by molar-refractivity contribution is -0.207. The van der Waals surface area contributed by atoms with E-state index in [4.69, 9.17) is 4.74 Å². The molecule has 3 unspecified atom stereocenters. The lowest BCUT2D eigenvalue weighted by Gasteiger charge is -2.36. The van der Waals surface area contributed by atoms with E-state index < -0.39 is 24.1 Å². The van der Waals surface area contributed by atoms with Crippen molar-refractivity contribution in [1.29, 1.82) is 0 Å². The second-order valence-corrected chi connectivity index (χ2v) is 5.79. The van der Waals surface area contributed by atoms with Gasteiger partial charge in [0.15, 0.2) is 0 Å². The van der Waals surface area contributed by atoms with Crippen LogP contribution in [0.2, 0.25) is 0 Å². The number of aliphatic hydroxyl groups is 1. The van der Waals surface area contributed by atoms with Gasteiger partial charge < -0.3 is 9.84 Å². The summed E-state index contributed by atoms with van der Waals surface area (Å²) in [5.74, 6) is -1.79. The van der Waals surface area contributed by atoms with Gasteiger partial charge in [-0.15, -0.1) is 0 Å². The van der Waals surface area contributed by atoms with Crippen LogP contribution in [0.3, 0.4) is 0 Å². The van der Waals surface area contributed by atoms with E-state index in [1.807, 2.05) is 13.0 Å². The molecule has 0 heterocycles. The summed E-state index contributed by atoms with van der Waals surface area (Å²) in [4.78, 5) is 0. The molecule has 21 heavy (non-hydrogen) atoms. The topological polar surface area (TPSA) is 29.5 Å². The summed E-state index contributed by atoms with van der Waals surface area (Å²) in [7, 11) is 1.46. The van der Waals surface area contributed by atoms with Gasteiger partial charge in [-0.2, -0.15) is 13.2 Å². The average molecular weight is 302 g/mol. The molecule has 1 N–H and O–H groups in total. The highest BCUT2D eigenvalue weighted by Crippen LogP contribution is 2.47. The van der Waals surface area contributed by atoms with Crippen LogP contribution in [-0.2, 0) is 0 Å². The number of hydrogen-bond donors (Lipinski definition) is 1. The van der Waals surface area contributed by atoms with Crippen molar-refractivity contribution in [1.82, 2.24) is 0 Å². The predicted octanol–water partition coefficient (Wildman–Crippen LogP) is 4.41. The van der Waals surface area contributed by atoms with Crippen LogP contribution in [0.25, 0.3) is 0 Å². The minimum atomic E-state index is -4.26. The first-order chi connectivity index (χ1) is 9.84. The molecule has 0 saturated heterocycles. The van der Waals surface area contributed by atoms with Crippen LogP contribution in [0.15, 0.2) is 18.2 Å². The molecular formula is C16H21F3O2. The van der Waals surface area contributed by atoms with Gasteiger partial charge in [0.05, 0.1) is 19.1 Å². The van der Waals surface area contributed by atoms with Crippen molar-refractivity contribution in [2.24, 2.45) is 11.8 Å². The molecule has 1 fully saturated rings. The number of hydrogen-bond acceptors (Lipinski definition) is 2. The molecule has 118 valence electrons. The summed E-state index contributed by atoms with van der Waals surface area (Å²) in [6, 6.07) is 5.22. The Kier molecular flexibility index (Phi) is 4.81. The Morgan fingerprint density at radius 1 is 1.24 bits per heavy atom. The number of ether oxygens (including phenoxy) is 1. The van der Waals surface area contributed by atoms with Crippen LogP contribution in [0, 0.1) is 18.8 Å². The van der Waals surface area contributed by atoms with E-state index in [2.05, 4.69) is 0 Å². The van der Waals surface area contributed by atoms with Crippen molar-refractivity contribution in [3.8, 4) is 5.75 Å². The first-order valence-electron chi connectivity index (χ1n) is 7.24. The molecule has 0 spiro atoms. The number of aryl methyl sites for hydroxylation is 1. The Morgan fingerprint density at radius 2 is 1.90 bits per heavy atom. The largest absolute Gasteiger partial charge is 0.496 e. The second-order valence-electron chi connectivity index (χ2n) is 5.79. The highest BCUT2D eigenvalue weighted by molar-refractivity contribution is 5.38. The number of rotatable bonds is 3. The van der Waals surface area contributed by atoms with Crippen molar-refractivity contribution in [3.05, 3.63) is 29.3 Å². The Labute approximate surface area is 122 Å². The van der Waals surface area contributed by atoms with Crippen molar-refractivity contribution in [3.63, 3.8) is 0 Å². The average Bonchev–Trinajstić information content (AvgIpc) is 2.45. The Hall–Kier alpha value is -1.23. The van der Waals surface area contributed by atoms with Crippen molar-refractivity contribution < 1.29 is 23.0 Å². The second kappa shape index (κ2) is 6.26. The maximum absolute atomic E-state index is 13.2. The molecule has 1 aliphatic carbocycles. The number of alkyl halides is 3. The van der Waals surface area contributed by atoms with Gasteiger partial charge in [0.25, 0.3) is 0 Å². The standard InChI is InChI=1S/C16H21F3O2/c1-10-7-8-14(21-2)12(9-10)15(20)11-5-3-4-6-13(11)16(17,18)19/h7-9,11,13,15,20H,3-6H2,1-2H3. The van der Waals surface area contributed by atoms with Gasteiger partial charge in [0.1, 0.15) is 5.75 Å². The van der Waals surface area contributed by atoms with E-state index >= 15 is 0 Å². The van der Waals surface area contributed by atoms with E-state index in [-0.39, 0.29) is 6.42 Å². The molecule has 0 radical (unpaired) electrons. The third kappa shape index (κ3) is 3.51. The third-order valence-electron chi connectivity index (χ3n) is 4.35. The molecule has 0 aliphatic heterocycles. The zero-order valence-corrected chi connectivity index (χ0v) is 12.3. The zero-order chi connectivity index (χ0) is 15.6. The fourth-order valence-corrected chi connectivity index (χ4v) is 3.26. The number of halogens is 3. The molecule has 3 atom stereocenters. The maximum atomic E-state index is 13.2. The van der Waals surface area contributed by atoms with Crippen LogP contribution in [0.1, 0.15) is 42.9 Å². The molecule has 1 saturated carbocycles. The number of benzene rings is 1. The molecule has 2 rings (SSSR count). The van der Waals surface area contributed by atoms with E-state index in [1.54, 1.807) is 12.1 Å². The summed E-state index contributed by atoms with van der Waals surface area (Å²) in [6.07, 6.45) is -3.63. The number of aliphatic hydroxyl groups excluding tert-OH is 1. The highest BCUT2D eigenvalue weighted by atomic mass is 19.4. The van der Waals surface area contributed by atoms with E-state index in [0.29, 0.717) is 24.2 Å². The zero-order valence-electron chi connectivity index (χ0n) is 12.3. The molecular weight excluding hydrogens is 281 g/mol. The van der Waals surface area contributed by atoms with Crippen LogP contribution in [0.5, 0.6) is 5.75 Å². The lowest BCUT2D eigenvalue weighted by atomic mass is 9.74. The summed E-state index contributed by atoms with van der Waals surface area (Å²) >= 11 is 0. The summed E-state index contributed by atoms with van der Waals surface area (Å²) in [5, 5.41) is 10.5. The van der Waals surface area contributed by atoms with Crippen molar-refractivity contribution in [2.75, 3.05) is 7.11 Å². The van der Waals surface area contributed by atoms with Gasteiger partial charge in [0.2, 0.25) is 0 Å². The van der Waals surface area contributed by atoms with Crippen LogP contribution in [-0.4, -0.2) is 18.4 Å². The van der Waals surface area contributed by atoms with Gasteiger partial charge in [-0.3, -0.25) is 0 Å². The minimum absolute atomic E-state index is 0.0966. The molecule has 2 nitrogen and oxygen atoms in total. The summed E-state index contributed by atoms with van der Waals surface area (Å²) < 4.78 is 44.8. The Bertz CT molecular complexity index is 485. The normalized spacial score (nSPS) is 24.7. The quantitative estimate of drug-likeness (QED) is 0.896. The SMILES string of the molecule is COc1ccc(C)cc1C(O)C1CCCCC1C(F)(F)F. The van der Waals surface area contributed by atoms with Crippen LogP contribution < -0.4 is 4.74 Å². The minimum Gasteiger partial charge on any atom is -0.496 e. The Balaban J connectivity index is 2.33. The molecule has 0 amide bonds.